The molecular formula is C8H14N2O. The van der Waals surface area contributed by atoms with Crippen molar-refractivity contribution in [2.75, 3.05) is 7.05 Å². The maximum absolute atomic E-state index is 10.7. The standard InChI is InChI=1S/C8H14N2O/c1-6(11)10-8-3-7(4-8,5-8)9-2/h9H,3-5H2,1-2H3,(H,10,11). The molecule has 1 amide bonds. The van der Waals surface area contributed by atoms with Gasteiger partial charge in [-0.15, -0.1) is 0 Å². The highest BCUT2D eigenvalue weighted by Crippen LogP contribution is 2.59. The Labute approximate surface area is 66.5 Å². The van der Waals surface area contributed by atoms with Crippen LogP contribution in [0.25, 0.3) is 0 Å². The van der Waals surface area contributed by atoms with Crippen molar-refractivity contribution >= 4 is 5.91 Å². The van der Waals surface area contributed by atoms with Gasteiger partial charge in [-0.1, -0.05) is 0 Å². The Morgan fingerprint density at radius 2 is 1.82 bits per heavy atom. The molecule has 2 bridgehead atoms. The first-order valence-electron chi connectivity index (χ1n) is 4.08. The van der Waals surface area contributed by atoms with Crippen molar-refractivity contribution < 1.29 is 4.79 Å². The molecule has 3 fully saturated rings. The van der Waals surface area contributed by atoms with Crippen molar-refractivity contribution in [3.8, 4) is 0 Å². The van der Waals surface area contributed by atoms with Crippen LogP contribution in [0.4, 0.5) is 0 Å². The molecule has 0 aromatic rings. The maximum Gasteiger partial charge on any atom is 0.217 e. The Hall–Kier alpha value is -0.570. The lowest BCUT2D eigenvalue weighted by atomic mass is 9.44. The Balaban J connectivity index is 1.89. The van der Waals surface area contributed by atoms with E-state index >= 15 is 0 Å². The van der Waals surface area contributed by atoms with Gasteiger partial charge in [0.25, 0.3) is 0 Å². The third-order valence-electron chi connectivity index (χ3n) is 3.00. The number of nitrogens with one attached hydrogen (secondary N) is 2. The number of carbonyl (C=O) groups is 1. The first-order chi connectivity index (χ1) is 5.10. The average Bonchev–Trinajstić information content (AvgIpc) is 1.74. The van der Waals surface area contributed by atoms with Crippen LogP contribution >= 0.6 is 0 Å². The molecule has 0 saturated heterocycles. The molecule has 0 atom stereocenters. The van der Waals surface area contributed by atoms with Gasteiger partial charge in [0.05, 0.1) is 0 Å². The molecule has 0 heterocycles. The van der Waals surface area contributed by atoms with E-state index in [2.05, 4.69) is 10.6 Å². The smallest absolute Gasteiger partial charge is 0.217 e. The van der Waals surface area contributed by atoms with Crippen molar-refractivity contribution in [2.24, 2.45) is 0 Å². The molecule has 11 heavy (non-hydrogen) atoms. The van der Waals surface area contributed by atoms with E-state index in [9.17, 15) is 4.79 Å². The number of amides is 1. The van der Waals surface area contributed by atoms with Crippen LogP contribution in [-0.2, 0) is 4.79 Å². The van der Waals surface area contributed by atoms with E-state index in [0.717, 1.165) is 19.3 Å². The van der Waals surface area contributed by atoms with Crippen LogP contribution in [0.15, 0.2) is 0 Å². The third kappa shape index (κ3) is 0.805. The van der Waals surface area contributed by atoms with Gasteiger partial charge in [-0.3, -0.25) is 4.79 Å². The zero-order valence-corrected chi connectivity index (χ0v) is 7.03. The van der Waals surface area contributed by atoms with E-state index in [1.165, 1.54) is 0 Å². The molecule has 3 aliphatic rings. The fourth-order valence-corrected chi connectivity index (χ4v) is 2.56. The number of rotatable bonds is 2. The maximum atomic E-state index is 10.7. The van der Waals surface area contributed by atoms with Gasteiger partial charge in [-0.05, 0) is 26.3 Å². The molecule has 0 aromatic heterocycles. The van der Waals surface area contributed by atoms with Gasteiger partial charge in [-0.2, -0.15) is 0 Å². The van der Waals surface area contributed by atoms with E-state index in [1.807, 2.05) is 7.05 Å². The molecule has 0 unspecified atom stereocenters. The fourth-order valence-electron chi connectivity index (χ4n) is 2.56. The second-order valence-corrected chi connectivity index (χ2v) is 4.02. The van der Waals surface area contributed by atoms with Crippen molar-refractivity contribution in [1.82, 2.24) is 10.6 Å². The second kappa shape index (κ2) is 1.78. The minimum Gasteiger partial charge on any atom is -0.351 e. The van der Waals surface area contributed by atoms with Crippen LogP contribution in [-0.4, -0.2) is 24.0 Å². The van der Waals surface area contributed by atoms with Gasteiger partial charge >= 0.3 is 0 Å². The van der Waals surface area contributed by atoms with E-state index in [0.29, 0.717) is 5.54 Å². The normalized spacial score (nSPS) is 45.6. The van der Waals surface area contributed by atoms with Crippen LogP contribution in [0.5, 0.6) is 0 Å². The van der Waals surface area contributed by atoms with Gasteiger partial charge in [-0.25, -0.2) is 0 Å². The molecule has 3 rings (SSSR count). The minimum absolute atomic E-state index is 0.106. The summed E-state index contributed by atoms with van der Waals surface area (Å²) in [6.07, 6.45) is 3.36. The average molecular weight is 154 g/mol. The summed E-state index contributed by atoms with van der Waals surface area (Å²) in [7, 11) is 2.00. The van der Waals surface area contributed by atoms with Crippen LogP contribution in [0.1, 0.15) is 26.2 Å². The quantitative estimate of drug-likeness (QED) is 0.588. The third-order valence-corrected chi connectivity index (χ3v) is 3.00. The van der Waals surface area contributed by atoms with Crippen LogP contribution < -0.4 is 10.6 Å². The highest BCUT2D eigenvalue weighted by Gasteiger charge is 2.67. The summed E-state index contributed by atoms with van der Waals surface area (Å²) >= 11 is 0. The molecule has 2 N–H and O–H groups in total. The van der Waals surface area contributed by atoms with Crippen LogP contribution in [0, 0.1) is 0 Å². The monoisotopic (exact) mass is 154 g/mol. The first kappa shape index (κ1) is 7.10. The zero-order valence-electron chi connectivity index (χ0n) is 7.03. The van der Waals surface area contributed by atoms with Crippen LogP contribution in [0.2, 0.25) is 0 Å². The Kier molecular flexibility index (Phi) is 1.15. The van der Waals surface area contributed by atoms with Crippen molar-refractivity contribution in [3.63, 3.8) is 0 Å². The molecule has 3 aliphatic carbocycles. The summed E-state index contributed by atoms with van der Waals surface area (Å²) in [6, 6.07) is 0. The SMILES string of the molecule is CNC12CC(NC(C)=O)(C1)C2. The summed E-state index contributed by atoms with van der Waals surface area (Å²) in [5.41, 5.74) is 0.581. The fraction of sp³-hybridized carbons (Fsp3) is 0.875. The Morgan fingerprint density at radius 3 is 2.18 bits per heavy atom. The summed E-state index contributed by atoms with van der Waals surface area (Å²) in [5.74, 6) is 0.106. The summed E-state index contributed by atoms with van der Waals surface area (Å²) in [6.45, 7) is 1.59. The van der Waals surface area contributed by atoms with E-state index < -0.39 is 0 Å². The van der Waals surface area contributed by atoms with Gasteiger partial charge in [0.1, 0.15) is 0 Å². The second-order valence-electron chi connectivity index (χ2n) is 4.02. The molecule has 0 aromatic carbocycles. The molecule has 0 aliphatic heterocycles. The summed E-state index contributed by atoms with van der Waals surface area (Å²) in [4.78, 5) is 10.7. The van der Waals surface area contributed by atoms with Crippen LogP contribution in [0.3, 0.4) is 0 Å². The van der Waals surface area contributed by atoms with Crippen molar-refractivity contribution in [3.05, 3.63) is 0 Å². The number of hydrogen-bond donors (Lipinski definition) is 2. The molecule has 3 heteroatoms. The van der Waals surface area contributed by atoms with Gasteiger partial charge in [0.2, 0.25) is 5.91 Å². The summed E-state index contributed by atoms with van der Waals surface area (Å²) in [5, 5.41) is 6.29. The lowest BCUT2D eigenvalue weighted by Gasteiger charge is -2.70. The van der Waals surface area contributed by atoms with Gasteiger partial charge < -0.3 is 10.6 Å². The first-order valence-corrected chi connectivity index (χ1v) is 4.08. The Bertz CT molecular complexity index is 192. The highest BCUT2D eigenvalue weighted by molar-refractivity contribution is 5.74. The van der Waals surface area contributed by atoms with Crippen molar-refractivity contribution in [1.29, 1.82) is 0 Å². The van der Waals surface area contributed by atoms with E-state index in [-0.39, 0.29) is 11.4 Å². The summed E-state index contributed by atoms with van der Waals surface area (Å²) < 4.78 is 0. The molecule has 3 nitrogen and oxygen atoms in total. The lowest BCUT2D eigenvalue weighted by molar-refractivity contribution is -0.138. The van der Waals surface area contributed by atoms with Gasteiger partial charge in [0.15, 0.2) is 0 Å². The predicted octanol–water partition coefficient (Wildman–Crippen LogP) is 0.0170. The molecule has 3 saturated carbocycles. The molecule has 0 spiro atoms. The zero-order chi connectivity index (χ0) is 8.11. The number of hydrogen-bond acceptors (Lipinski definition) is 2. The minimum atomic E-state index is 0.106. The topological polar surface area (TPSA) is 41.1 Å². The predicted molar refractivity (Wildman–Crippen MR) is 42.2 cm³/mol. The van der Waals surface area contributed by atoms with Crippen molar-refractivity contribution in [2.45, 2.75) is 37.3 Å². The molecule has 0 radical (unpaired) electrons. The van der Waals surface area contributed by atoms with Gasteiger partial charge in [0, 0.05) is 18.0 Å². The lowest BCUT2D eigenvalue weighted by Crippen LogP contribution is -2.82. The van der Waals surface area contributed by atoms with E-state index in [4.69, 9.17) is 0 Å². The highest BCUT2D eigenvalue weighted by atomic mass is 16.1. The Morgan fingerprint density at radius 1 is 1.27 bits per heavy atom. The number of carbonyl (C=O) groups excluding carboxylic acids is 1. The van der Waals surface area contributed by atoms with E-state index in [1.54, 1.807) is 6.92 Å². The molecular weight excluding hydrogens is 140 g/mol. The largest absolute Gasteiger partial charge is 0.351 e. The molecule has 62 valence electrons.